The molecule has 2 heterocycles. The highest BCUT2D eigenvalue weighted by molar-refractivity contribution is 6.42. The van der Waals surface area contributed by atoms with Crippen LogP contribution >= 0.6 is 34.8 Å². The summed E-state index contributed by atoms with van der Waals surface area (Å²) >= 11 is 18.7. The van der Waals surface area contributed by atoms with Crippen molar-refractivity contribution in [1.82, 2.24) is 15.8 Å². The Balaban J connectivity index is 1.80. The molecule has 2 fully saturated rings. The molecule has 2 aliphatic rings. The highest BCUT2D eigenvalue weighted by Crippen LogP contribution is 2.49. The Morgan fingerprint density at radius 3 is 2.47 bits per heavy atom. The second kappa shape index (κ2) is 8.54. The van der Waals surface area contributed by atoms with Crippen LogP contribution in [0.3, 0.4) is 0 Å². The van der Waals surface area contributed by atoms with E-state index in [4.69, 9.17) is 34.8 Å². The van der Waals surface area contributed by atoms with Crippen LogP contribution in [0.4, 0.5) is 0 Å². The van der Waals surface area contributed by atoms with Gasteiger partial charge in [-0.2, -0.15) is 0 Å². The zero-order valence-electron chi connectivity index (χ0n) is 16.2. The Labute approximate surface area is 189 Å². The van der Waals surface area contributed by atoms with Crippen LogP contribution in [0.5, 0.6) is 5.75 Å². The third-order valence-corrected chi connectivity index (χ3v) is 7.05. The van der Waals surface area contributed by atoms with Gasteiger partial charge in [-0.15, -0.1) is 0 Å². The van der Waals surface area contributed by atoms with Gasteiger partial charge in [0.15, 0.2) is 0 Å². The number of phenols is 1. The van der Waals surface area contributed by atoms with Crippen LogP contribution in [0.2, 0.25) is 15.1 Å². The Kier molecular flexibility index (Phi) is 6.17. The van der Waals surface area contributed by atoms with Crippen molar-refractivity contribution < 1.29 is 15.0 Å². The zero-order valence-corrected chi connectivity index (χ0v) is 18.5. The number of amides is 1. The summed E-state index contributed by atoms with van der Waals surface area (Å²) in [5.41, 5.74) is 8.50. The number of nitrogens with zero attached hydrogens (tertiary/aromatic N) is 1. The molecule has 0 bridgehead atoms. The van der Waals surface area contributed by atoms with Crippen molar-refractivity contribution in [3.63, 3.8) is 0 Å². The summed E-state index contributed by atoms with van der Waals surface area (Å²) in [6.45, 7) is 2.21. The predicted molar refractivity (Wildman–Crippen MR) is 117 cm³/mol. The van der Waals surface area contributed by atoms with E-state index in [0.717, 1.165) is 11.1 Å². The molecule has 6 nitrogen and oxygen atoms in total. The Morgan fingerprint density at radius 1 is 1.03 bits per heavy atom. The molecule has 0 radical (unpaired) electrons. The molecule has 1 amide bonds. The molecular formula is C21H22Cl3N3O3. The van der Waals surface area contributed by atoms with E-state index >= 15 is 0 Å². The minimum Gasteiger partial charge on any atom is -0.508 e. The van der Waals surface area contributed by atoms with Gasteiger partial charge in [0.05, 0.1) is 22.1 Å². The average Bonchev–Trinajstić information content (AvgIpc) is 3.24. The largest absolute Gasteiger partial charge is 0.508 e. The van der Waals surface area contributed by atoms with Crippen molar-refractivity contribution in [2.75, 3.05) is 13.2 Å². The van der Waals surface area contributed by atoms with Gasteiger partial charge in [0.25, 0.3) is 0 Å². The van der Waals surface area contributed by atoms with E-state index in [1.54, 1.807) is 29.2 Å². The topological polar surface area (TPSA) is 84.8 Å². The maximum absolute atomic E-state index is 13.2. The molecule has 2 saturated heterocycles. The number of aliphatic hydroxyl groups excluding tert-OH is 1. The molecule has 2 aromatic rings. The number of likely N-dealkylation sites (tertiary alicyclic amines) is 1. The number of hydrogen-bond donors (Lipinski definition) is 4. The van der Waals surface area contributed by atoms with Crippen molar-refractivity contribution in [2.45, 2.75) is 31.5 Å². The van der Waals surface area contributed by atoms with Crippen molar-refractivity contribution in [3.05, 3.63) is 62.1 Å². The summed E-state index contributed by atoms with van der Waals surface area (Å²) < 4.78 is 0. The van der Waals surface area contributed by atoms with Gasteiger partial charge in [-0.25, -0.2) is 10.9 Å². The summed E-state index contributed by atoms with van der Waals surface area (Å²) in [7, 11) is 0. The zero-order chi connectivity index (χ0) is 21.6. The van der Waals surface area contributed by atoms with Gasteiger partial charge in [0.1, 0.15) is 11.8 Å². The molecule has 4 atom stereocenters. The second-order valence-electron chi connectivity index (χ2n) is 7.71. The fourth-order valence-corrected chi connectivity index (χ4v) is 4.96. The maximum Gasteiger partial charge on any atom is 0.242 e. The van der Waals surface area contributed by atoms with Gasteiger partial charge in [0.2, 0.25) is 5.91 Å². The van der Waals surface area contributed by atoms with Crippen LogP contribution in [-0.2, 0) is 4.79 Å². The fourth-order valence-electron chi connectivity index (χ4n) is 4.48. The lowest BCUT2D eigenvalue weighted by molar-refractivity contribution is -0.130. The maximum atomic E-state index is 13.2. The second-order valence-corrected chi connectivity index (χ2v) is 8.93. The lowest BCUT2D eigenvalue weighted by Gasteiger charge is -2.31. The van der Waals surface area contributed by atoms with E-state index in [2.05, 4.69) is 10.9 Å². The Morgan fingerprint density at radius 2 is 1.77 bits per heavy atom. The number of aliphatic hydroxyl groups is 1. The van der Waals surface area contributed by atoms with E-state index in [0.29, 0.717) is 33.6 Å². The highest BCUT2D eigenvalue weighted by atomic mass is 35.5. The number of aryl methyl sites for hydroxylation is 1. The van der Waals surface area contributed by atoms with Gasteiger partial charge >= 0.3 is 0 Å². The van der Waals surface area contributed by atoms with E-state index < -0.39 is 6.04 Å². The van der Waals surface area contributed by atoms with Crippen LogP contribution in [0, 0.1) is 12.8 Å². The lowest BCUT2D eigenvalue weighted by Crippen LogP contribution is -2.41. The summed E-state index contributed by atoms with van der Waals surface area (Å²) in [5.74, 6) is -0.193. The summed E-state index contributed by atoms with van der Waals surface area (Å²) in [5, 5.41) is 21.3. The third-order valence-electron chi connectivity index (χ3n) is 5.90. The Bertz CT molecular complexity index is 987. The number of fused-ring (bicyclic) bond motifs is 1. The molecule has 2 aliphatic heterocycles. The van der Waals surface area contributed by atoms with Crippen LogP contribution in [0.1, 0.15) is 35.2 Å². The molecule has 0 aliphatic carbocycles. The van der Waals surface area contributed by atoms with Crippen LogP contribution in [0.25, 0.3) is 0 Å². The number of hydrogen-bond acceptors (Lipinski definition) is 5. The number of hydrazine groups is 1. The normalized spacial score (nSPS) is 25.8. The quantitative estimate of drug-likeness (QED) is 0.535. The number of halogens is 3. The van der Waals surface area contributed by atoms with E-state index in [1.165, 1.54) is 0 Å². The third kappa shape index (κ3) is 3.66. The molecule has 0 aromatic heterocycles. The monoisotopic (exact) mass is 469 g/mol. The SMILES string of the molecule is Cc1cc(O)c(C2NNC3C(=O)N(CCCO)C(c4ccc(Cl)c(Cl)c4)C32)cc1Cl. The number of rotatable bonds is 5. The molecule has 160 valence electrons. The molecule has 4 unspecified atom stereocenters. The summed E-state index contributed by atoms with van der Waals surface area (Å²) in [4.78, 5) is 15.0. The van der Waals surface area contributed by atoms with Gasteiger partial charge in [0, 0.05) is 29.7 Å². The molecule has 0 spiro atoms. The van der Waals surface area contributed by atoms with Crippen molar-refractivity contribution >= 4 is 40.7 Å². The van der Waals surface area contributed by atoms with E-state index in [1.807, 2.05) is 13.0 Å². The van der Waals surface area contributed by atoms with E-state index in [-0.39, 0.29) is 36.3 Å². The molecule has 9 heteroatoms. The van der Waals surface area contributed by atoms with Crippen molar-refractivity contribution in [3.8, 4) is 5.75 Å². The Hall–Kier alpha value is -1.54. The van der Waals surface area contributed by atoms with Crippen molar-refractivity contribution in [2.24, 2.45) is 5.92 Å². The van der Waals surface area contributed by atoms with Crippen LogP contribution in [0.15, 0.2) is 30.3 Å². The van der Waals surface area contributed by atoms with Gasteiger partial charge in [-0.05, 0) is 48.7 Å². The number of benzene rings is 2. The predicted octanol–water partition coefficient (Wildman–Crippen LogP) is 3.76. The van der Waals surface area contributed by atoms with Crippen LogP contribution < -0.4 is 10.9 Å². The smallest absolute Gasteiger partial charge is 0.242 e. The molecular weight excluding hydrogens is 449 g/mol. The molecule has 30 heavy (non-hydrogen) atoms. The highest BCUT2D eigenvalue weighted by Gasteiger charge is 2.55. The first kappa shape index (κ1) is 21.7. The summed E-state index contributed by atoms with van der Waals surface area (Å²) in [6, 6.07) is 7.53. The number of aromatic hydroxyl groups is 1. The molecule has 4 N–H and O–H groups in total. The minimum atomic E-state index is -0.493. The molecule has 0 saturated carbocycles. The first-order valence-corrected chi connectivity index (χ1v) is 10.8. The lowest BCUT2D eigenvalue weighted by atomic mass is 9.83. The van der Waals surface area contributed by atoms with Gasteiger partial charge in [-0.1, -0.05) is 40.9 Å². The number of phenolic OH excluding ortho intramolecular Hbond substituents is 1. The first-order chi connectivity index (χ1) is 14.3. The molecule has 4 rings (SSSR count). The number of carbonyl (C=O) groups is 1. The first-order valence-electron chi connectivity index (χ1n) is 9.70. The van der Waals surface area contributed by atoms with E-state index in [9.17, 15) is 15.0 Å². The number of nitrogens with one attached hydrogen (secondary N) is 2. The minimum absolute atomic E-state index is 0.0172. The fraction of sp³-hybridized carbons (Fsp3) is 0.381. The van der Waals surface area contributed by atoms with Gasteiger partial charge < -0.3 is 15.1 Å². The number of carbonyl (C=O) groups excluding carboxylic acids is 1. The van der Waals surface area contributed by atoms with Gasteiger partial charge in [-0.3, -0.25) is 4.79 Å². The molecule has 2 aromatic carbocycles. The van der Waals surface area contributed by atoms with Crippen LogP contribution in [-0.4, -0.2) is 40.2 Å². The summed E-state index contributed by atoms with van der Waals surface area (Å²) in [6.07, 6.45) is 0.461. The van der Waals surface area contributed by atoms with Crippen molar-refractivity contribution in [1.29, 1.82) is 0 Å². The standard InChI is InChI=1S/C21H22Cl3N3O3/c1-10-7-16(29)12(9-14(10)23)18-17-19(26-25-18)21(30)27(5-2-6-28)20(17)11-3-4-13(22)15(24)8-11/h3-4,7-9,17-20,25-26,28-29H,2,5-6H2,1H3. The average molecular weight is 471 g/mol.